The number of aryl methyl sites for hydroxylation is 1. The summed E-state index contributed by atoms with van der Waals surface area (Å²) in [4.78, 5) is 12.3. The fourth-order valence-electron chi connectivity index (χ4n) is 1.10. The van der Waals surface area contributed by atoms with Crippen LogP contribution in [0.5, 0.6) is 0 Å². The van der Waals surface area contributed by atoms with Gasteiger partial charge in [-0.3, -0.25) is 0 Å². The lowest BCUT2D eigenvalue weighted by atomic mass is 10.5. The van der Waals surface area contributed by atoms with Crippen LogP contribution in [0.4, 0.5) is 5.82 Å². The van der Waals surface area contributed by atoms with Crippen molar-refractivity contribution in [2.75, 3.05) is 5.32 Å². The first-order valence-corrected chi connectivity index (χ1v) is 5.63. The molecule has 0 radical (unpaired) electrons. The molecule has 78 valence electrons. The molecule has 2 heterocycles. The van der Waals surface area contributed by atoms with E-state index in [0.717, 1.165) is 10.7 Å². The van der Waals surface area contributed by atoms with Gasteiger partial charge in [-0.2, -0.15) is 0 Å². The normalized spacial score (nSPS) is 10.3. The fourth-order valence-corrected chi connectivity index (χ4v) is 1.89. The second kappa shape index (κ2) is 4.55. The van der Waals surface area contributed by atoms with Crippen molar-refractivity contribution in [2.24, 2.45) is 0 Å². The third kappa shape index (κ3) is 2.64. The van der Waals surface area contributed by atoms with Crippen molar-refractivity contribution in [1.29, 1.82) is 0 Å². The molecule has 0 aromatic carbocycles. The molecule has 0 saturated heterocycles. The van der Waals surface area contributed by atoms with Crippen LogP contribution in [0.25, 0.3) is 0 Å². The average molecular weight is 241 g/mol. The van der Waals surface area contributed by atoms with Gasteiger partial charge in [0.05, 0.1) is 17.2 Å². The van der Waals surface area contributed by atoms with Gasteiger partial charge in [0.2, 0.25) is 0 Å². The van der Waals surface area contributed by atoms with Gasteiger partial charge in [0, 0.05) is 17.8 Å². The SMILES string of the molecule is Cc1nc(CNc2nccnc2Cl)cs1. The number of nitrogens with one attached hydrogen (secondary N) is 1. The smallest absolute Gasteiger partial charge is 0.171 e. The Morgan fingerprint density at radius 2 is 2.20 bits per heavy atom. The first-order chi connectivity index (χ1) is 7.25. The number of anilines is 1. The zero-order valence-corrected chi connectivity index (χ0v) is 9.64. The van der Waals surface area contributed by atoms with E-state index in [1.165, 1.54) is 0 Å². The minimum atomic E-state index is 0.379. The molecule has 1 N–H and O–H groups in total. The zero-order valence-electron chi connectivity index (χ0n) is 8.07. The van der Waals surface area contributed by atoms with E-state index in [4.69, 9.17) is 11.6 Å². The summed E-state index contributed by atoms with van der Waals surface area (Å²) in [5.74, 6) is 0.588. The Hall–Kier alpha value is -1.20. The van der Waals surface area contributed by atoms with Crippen LogP contribution >= 0.6 is 22.9 Å². The molecule has 4 nitrogen and oxygen atoms in total. The minimum absolute atomic E-state index is 0.379. The van der Waals surface area contributed by atoms with Gasteiger partial charge in [0.1, 0.15) is 0 Å². The van der Waals surface area contributed by atoms with Gasteiger partial charge in [0.15, 0.2) is 11.0 Å². The molecule has 0 fully saturated rings. The Morgan fingerprint density at radius 3 is 2.87 bits per heavy atom. The highest BCUT2D eigenvalue weighted by atomic mass is 35.5. The van der Waals surface area contributed by atoms with Gasteiger partial charge in [-0.15, -0.1) is 11.3 Å². The number of hydrogen-bond acceptors (Lipinski definition) is 5. The van der Waals surface area contributed by atoms with E-state index in [1.807, 2.05) is 12.3 Å². The van der Waals surface area contributed by atoms with Crippen LogP contribution in [0.15, 0.2) is 17.8 Å². The molecule has 6 heteroatoms. The van der Waals surface area contributed by atoms with E-state index in [2.05, 4.69) is 20.3 Å². The Balaban J connectivity index is 2.02. The third-order valence-corrected chi connectivity index (χ3v) is 2.86. The van der Waals surface area contributed by atoms with Gasteiger partial charge < -0.3 is 5.32 Å². The number of nitrogens with zero attached hydrogens (tertiary/aromatic N) is 3. The van der Waals surface area contributed by atoms with Crippen molar-refractivity contribution in [3.8, 4) is 0 Å². The van der Waals surface area contributed by atoms with E-state index in [1.54, 1.807) is 23.7 Å². The lowest BCUT2D eigenvalue weighted by Gasteiger charge is -2.03. The van der Waals surface area contributed by atoms with E-state index in [9.17, 15) is 0 Å². The van der Waals surface area contributed by atoms with Crippen molar-refractivity contribution in [3.63, 3.8) is 0 Å². The summed E-state index contributed by atoms with van der Waals surface area (Å²) in [7, 11) is 0. The van der Waals surface area contributed by atoms with Crippen LogP contribution in [0.3, 0.4) is 0 Å². The van der Waals surface area contributed by atoms with Crippen molar-refractivity contribution in [2.45, 2.75) is 13.5 Å². The monoisotopic (exact) mass is 240 g/mol. The van der Waals surface area contributed by atoms with Crippen molar-refractivity contribution in [1.82, 2.24) is 15.0 Å². The lowest BCUT2D eigenvalue weighted by molar-refractivity contribution is 1.03. The van der Waals surface area contributed by atoms with Crippen molar-refractivity contribution >= 4 is 28.8 Å². The van der Waals surface area contributed by atoms with E-state index >= 15 is 0 Å². The minimum Gasteiger partial charge on any atom is -0.362 e. The molecule has 2 rings (SSSR count). The molecular weight excluding hydrogens is 232 g/mol. The van der Waals surface area contributed by atoms with Gasteiger partial charge in [-0.25, -0.2) is 15.0 Å². The van der Waals surface area contributed by atoms with Crippen molar-refractivity contribution < 1.29 is 0 Å². The maximum atomic E-state index is 5.84. The highest BCUT2D eigenvalue weighted by Crippen LogP contribution is 2.15. The summed E-state index contributed by atoms with van der Waals surface area (Å²) in [5, 5.41) is 6.52. The average Bonchev–Trinajstić information content (AvgIpc) is 2.63. The molecule has 0 aliphatic heterocycles. The summed E-state index contributed by atoms with van der Waals surface area (Å²) in [5.41, 5.74) is 0.985. The van der Waals surface area contributed by atoms with Crippen LogP contribution < -0.4 is 5.32 Å². The lowest BCUT2D eigenvalue weighted by Crippen LogP contribution is -2.02. The fraction of sp³-hybridized carbons (Fsp3) is 0.222. The summed E-state index contributed by atoms with van der Waals surface area (Å²) < 4.78 is 0. The van der Waals surface area contributed by atoms with Crippen molar-refractivity contribution in [3.05, 3.63) is 33.6 Å². The number of hydrogen-bond donors (Lipinski definition) is 1. The maximum Gasteiger partial charge on any atom is 0.171 e. The van der Waals surface area contributed by atoms with Crippen LogP contribution in [-0.4, -0.2) is 15.0 Å². The van der Waals surface area contributed by atoms with E-state index < -0.39 is 0 Å². The Kier molecular flexibility index (Phi) is 3.13. The molecule has 2 aromatic rings. The highest BCUT2D eigenvalue weighted by Gasteiger charge is 2.02. The van der Waals surface area contributed by atoms with E-state index in [0.29, 0.717) is 17.5 Å². The second-order valence-electron chi connectivity index (χ2n) is 2.91. The summed E-state index contributed by atoms with van der Waals surface area (Å²) in [6.07, 6.45) is 3.15. The van der Waals surface area contributed by atoms with Crippen LogP contribution in [-0.2, 0) is 6.54 Å². The van der Waals surface area contributed by atoms with Crippen LogP contribution in [0.2, 0.25) is 5.15 Å². The zero-order chi connectivity index (χ0) is 10.7. The molecule has 0 atom stereocenters. The molecule has 0 aliphatic rings. The Morgan fingerprint density at radius 1 is 1.40 bits per heavy atom. The van der Waals surface area contributed by atoms with Gasteiger partial charge in [-0.1, -0.05) is 11.6 Å². The van der Waals surface area contributed by atoms with Gasteiger partial charge >= 0.3 is 0 Å². The molecule has 0 aliphatic carbocycles. The van der Waals surface area contributed by atoms with Crippen LogP contribution in [0, 0.1) is 6.92 Å². The summed E-state index contributed by atoms with van der Waals surface area (Å²) in [6, 6.07) is 0. The summed E-state index contributed by atoms with van der Waals surface area (Å²) in [6.45, 7) is 2.59. The first kappa shape index (κ1) is 10.3. The Labute approximate surface area is 96.4 Å². The van der Waals surface area contributed by atoms with Gasteiger partial charge in [-0.05, 0) is 6.92 Å². The first-order valence-electron chi connectivity index (χ1n) is 4.37. The number of aromatic nitrogens is 3. The number of thiazole rings is 1. The summed E-state index contributed by atoms with van der Waals surface area (Å²) >= 11 is 7.47. The Bertz CT molecular complexity index is 457. The topological polar surface area (TPSA) is 50.7 Å². The highest BCUT2D eigenvalue weighted by molar-refractivity contribution is 7.09. The molecule has 0 bridgehead atoms. The quantitative estimate of drug-likeness (QED) is 0.896. The number of halogens is 1. The molecule has 0 unspecified atom stereocenters. The second-order valence-corrected chi connectivity index (χ2v) is 4.33. The third-order valence-electron chi connectivity index (χ3n) is 1.76. The maximum absolute atomic E-state index is 5.84. The van der Waals surface area contributed by atoms with Gasteiger partial charge in [0.25, 0.3) is 0 Å². The standard InChI is InChI=1S/C9H9ClN4S/c1-6-14-7(5-15-6)4-13-9-8(10)11-2-3-12-9/h2-3,5H,4H2,1H3,(H,12,13). The molecular formula is C9H9ClN4S. The number of rotatable bonds is 3. The molecule has 15 heavy (non-hydrogen) atoms. The molecule has 2 aromatic heterocycles. The van der Waals surface area contributed by atoms with E-state index in [-0.39, 0.29) is 0 Å². The molecule has 0 spiro atoms. The molecule has 0 amide bonds. The molecule has 0 saturated carbocycles. The predicted octanol–water partition coefficient (Wildman–Crippen LogP) is 2.51. The van der Waals surface area contributed by atoms with Crippen LogP contribution in [0.1, 0.15) is 10.7 Å². The predicted molar refractivity (Wildman–Crippen MR) is 61.2 cm³/mol. The largest absolute Gasteiger partial charge is 0.362 e.